The molecule has 0 heterocycles. The summed E-state index contributed by atoms with van der Waals surface area (Å²) in [6, 6.07) is 7.33. The number of nitrogens with one attached hydrogen (secondary N) is 1. The minimum atomic E-state index is -0.142. The minimum absolute atomic E-state index is 0.0655. The topological polar surface area (TPSA) is 49.3 Å². The van der Waals surface area contributed by atoms with Gasteiger partial charge in [-0.15, -0.1) is 0 Å². The molecule has 1 rings (SSSR count). The highest BCUT2D eigenvalue weighted by Gasteiger charge is 2.01. The van der Waals surface area contributed by atoms with Crippen molar-refractivity contribution < 1.29 is 9.90 Å². The van der Waals surface area contributed by atoms with Crippen LogP contribution in [0.1, 0.15) is 51.0 Å². The van der Waals surface area contributed by atoms with E-state index < -0.39 is 0 Å². The predicted octanol–water partition coefficient (Wildman–Crippen LogP) is 3.33. The first-order valence-electron chi connectivity index (χ1n) is 7.26. The van der Waals surface area contributed by atoms with Gasteiger partial charge in [-0.2, -0.15) is 0 Å². The zero-order chi connectivity index (χ0) is 14.6. The number of aliphatic hydroxyl groups excluding tert-OH is 1. The summed E-state index contributed by atoms with van der Waals surface area (Å²) in [7, 11) is 0. The van der Waals surface area contributed by atoms with Crippen molar-refractivity contribution in [2.75, 3.05) is 11.9 Å². The normalized spacial score (nSPS) is 9.70. The molecule has 0 aliphatic heterocycles. The fourth-order valence-electron chi connectivity index (χ4n) is 1.89. The van der Waals surface area contributed by atoms with Crippen LogP contribution < -0.4 is 5.32 Å². The van der Waals surface area contributed by atoms with Crippen LogP contribution >= 0.6 is 0 Å². The molecule has 0 saturated heterocycles. The molecule has 0 unspecified atom stereocenters. The quantitative estimate of drug-likeness (QED) is 0.591. The molecular weight excluding hydrogens is 250 g/mol. The first-order chi connectivity index (χ1) is 9.76. The average molecular weight is 273 g/mol. The Morgan fingerprint density at radius 3 is 2.50 bits per heavy atom. The van der Waals surface area contributed by atoms with Crippen molar-refractivity contribution in [2.24, 2.45) is 0 Å². The maximum absolute atomic E-state index is 11.7. The van der Waals surface area contributed by atoms with Crippen LogP contribution in [0.4, 0.5) is 5.69 Å². The zero-order valence-electron chi connectivity index (χ0n) is 12.1. The summed E-state index contributed by atoms with van der Waals surface area (Å²) in [6.07, 6.45) is 6.33. The second kappa shape index (κ2) is 10.1. The molecule has 0 spiro atoms. The lowest BCUT2D eigenvalue weighted by molar-refractivity contribution is -0.116. The van der Waals surface area contributed by atoms with Crippen molar-refractivity contribution in [1.29, 1.82) is 0 Å². The lowest BCUT2D eigenvalue weighted by Gasteiger charge is -2.05. The van der Waals surface area contributed by atoms with Crippen LogP contribution in [-0.4, -0.2) is 17.6 Å². The molecule has 0 aliphatic carbocycles. The predicted molar refractivity (Wildman–Crippen MR) is 82.4 cm³/mol. The third-order valence-corrected chi connectivity index (χ3v) is 2.99. The third-order valence-electron chi connectivity index (χ3n) is 2.99. The molecule has 0 atom stereocenters. The van der Waals surface area contributed by atoms with Crippen LogP contribution in [0.15, 0.2) is 24.3 Å². The summed E-state index contributed by atoms with van der Waals surface area (Å²) in [4.78, 5) is 11.7. The number of hydrogen-bond donors (Lipinski definition) is 2. The van der Waals surface area contributed by atoms with Gasteiger partial charge in [-0.3, -0.25) is 4.79 Å². The van der Waals surface area contributed by atoms with E-state index >= 15 is 0 Å². The van der Waals surface area contributed by atoms with E-state index in [9.17, 15) is 4.79 Å². The Hall–Kier alpha value is -1.79. The van der Waals surface area contributed by atoms with Gasteiger partial charge in [0, 0.05) is 17.7 Å². The number of benzene rings is 1. The first kappa shape index (κ1) is 16.3. The number of anilines is 1. The number of carbonyl (C=O) groups is 1. The Morgan fingerprint density at radius 2 is 1.85 bits per heavy atom. The van der Waals surface area contributed by atoms with Crippen molar-refractivity contribution in [3.8, 4) is 11.8 Å². The number of unbranched alkanes of at least 4 members (excludes halogenated alkanes) is 4. The van der Waals surface area contributed by atoms with Crippen LogP contribution in [-0.2, 0) is 4.79 Å². The van der Waals surface area contributed by atoms with Gasteiger partial charge in [0.05, 0.1) is 0 Å². The van der Waals surface area contributed by atoms with Gasteiger partial charge in [-0.25, -0.2) is 0 Å². The van der Waals surface area contributed by atoms with Crippen molar-refractivity contribution >= 4 is 11.6 Å². The molecule has 3 heteroatoms. The summed E-state index contributed by atoms with van der Waals surface area (Å²) < 4.78 is 0. The van der Waals surface area contributed by atoms with E-state index in [1.54, 1.807) is 0 Å². The van der Waals surface area contributed by atoms with Gasteiger partial charge in [0.15, 0.2) is 0 Å². The van der Waals surface area contributed by atoms with Crippen LogP contribution in [0.2, 0.25) is 0 Å². The largest absolute Gasteiger partial charge is 0.384 e. The molecule has 20 heavy (non-hydrogen) atoms. The number of carbonyl (C=O) groups excluding carboxylic acids is 1. The summed E-state index contributed by atoms with van der Waals surface area (Å²) >= 11 is 0. The molecule has 108 valence electrons. The van der Waals surface area contributed by atoms with Gasteiger partial charge in [-0.1, -0.05) is 44.4 Å². The van der Waals surface area contributed by atoms with Gasteiger partial charge >= 0.3 is 0 Å². The fraction of sp³-hybridized carbons (Fsp3) is 0.471. The second-order valence-electron chi connectivity index (χ2n) is 4.75. The van der Waals surface area contributed by atoms with Gasteiger partial charge in [0.1, 0.15) is 6.61 Å². The smallest absolute Gasteiger partial charge is 0.224 e. The lowest BCUT2D eigenvalue weighted by Crippen LogP contribution is -2.10. The van der Waals surface area contributed by atoms with Crippen molar-refractivity contribution in [1.82, 2.24) is 0 Å². The molecule has 0 fully saturated rings. The van der Waals surface area contributed by atoms with E-state index in [0.29, 0.717) is 6.42 Å². The van der Waals surface area contributed by atoms with E-state index in [1.165, 1.54) is 19.3 Å². The highest BCUT2D eigenvalue weighted by Crippen LogP contribution is 2.11. The monoisotopic (exact) mass is 273 g/mol. The summed E-state index contributed by atoms with van der Waals surface area (Å²) in [5.41, 5.74) is 1.62. The number of aliphatic hydroxyl groups is 1. The van der Waals surface area contributed by atoms with Crippen LogP contribution in [0.5, 0.6) is 0 Å². The zero-order valence-corrected chi connectivity index (χ0v) is 12.1. The Kier molecular flexibility index (Phi) is 8.17. The molecule has 0 saturated carbocycles. The summed E-state index contributed by atoms with van der Waals surface area (Å²) in [5.74, 6) is 5.47. The summed E-state index contributed by atoms with van der Waals surface area (Å²) in [5, 5.41) is 11.5. The standard InChI is InChI=1S/C17H23NO2/c1-2-3-4-5-6-9-17(20)18-16-12-10-15(11-13-16)8-7-14-19/h10-13,19H,2-6,9,14H2,1H3,(H,18,20). The van der Waals surface area contributed by atoms with E-state index in [-0.39, 0.29) is 12.5 Å². The van der Waals surface area contributed by atoms with Gasteiger partial charge in [-0.05, 0) is 30.7 Å². The van der Waals surface area contributed by atoms with Gasteiger partial charge < -0.3 is 10.4 Å². The highest BCUT2D eigenvalue weighted by molar-refractivity contribution is 5.90. The maximum atomic E-state index is 11.7. The number of amides is 1. The molecular formula is C17H23NO2. The second-order valence-corrected chi connectivity index (χ2v) is 4.75. The van der Waals surface area contributed by atoms with Gasteiger partial charge in [0.25, 0.3) is 0 Å². The molecule has 0 aromatic heterocycles. The molecule has 0 radical (unpaired) electrons. The Labute approximate surface area is 121 Å². The number of hydrogen-bond acceptors (Lipinski definition) is 2. The van der Waals surface area contributed by atoms with Crippen molar-refractivity contribution in [3.63, 3.8) is 0 Å². The molecule has 0 bridgehead atoms. The number of rotatable bonds is 7. The van der Waals surface area contributed by atoms with Crippen molar-refractivity contribution in [3.05, 3.63) is 29.8 Å². The van der Waals surface area contributed by atoms with Crippen LogP contribution in [0.25, 0.3) is 0 Å². The first-order valence-corrected chi connectivity index (χ1v) is 7.26. The molecule has 1 aromatic carbocycles. The van der Waals surface area contributed by atoms with Crippen LogP contribution in [0, 0.1) is 11.8 Å². The summed E-state index contributed by atoms with van der Waals surface area (Å²) in [6.45, 7) is 2.04. The fourth-order valence-corrected chi connectivity index (χ4v) is 1.89. The SMILES string of the molecule is CCCCCCCC(=O)Nc1ccc(C#CCO)cc1. The minimum Gasteiger partial charge on any atom is -0.384 e. The molecule has 3 nitrogen and oxygen atoms in total. The Bertz CT molecular complexity index is 454. The third kappa shape index (κ3) is 6.96. The lowest BCUT2D eigenvalue weighted by atomic mass is 10.1. The molecule has 1 aromatic rings. The van der Waals surface area contributed by atoms with E-state index in [2.05, 4.69) is 24.1 Å². The highest BCUT2D eigenvalue weighted by atomic mass is 16.2. The van der Waals surface area contributed by atoms with Crippen LogP contribution in [0.3, 0.4) is 0 Å². The molecule has 2 N–H and O–H groups in total. The average Bonchev–Trinajstić information content (AvgIpc) is 2.46. The molecule has 0 aliphatic rings. The van der Waals surface area contributed by atoms with Gasteiger partial charge in [0.2, 0.25) is 5.91 Å². The Morgan fingerprint density at radius 1 is 1.15 bits per heavy atom. The van der Waals surface area contributed by atoms with E-state index in [1.807, 2.05) is 24.3 Å². The maximum Gasteiger partial charge on any atom is 0.224 e. The van der Waals surface area contributed by atoms with Crippen molar-refractivity contribution in [2.45, 2.75) is 45.4 Å². The van der Waals surface area contributed by atoms with E-state index in [0.717, 1.165) is 24.1 Å². The van der Waals surface area contributed by atoms with E-state index in [4.69, 9.17) is 5.11 Å². The Balaban J connectivity index is 2.31. The molecule has 1 amide bonds.